The van der Waals surface area contributed by atoms with Gasteiger partial charge < -0.3 is 9.47 Å². The first-order chi connectivity index (χ1) is 10.8. The minimum absolute atomic E-state index is 0.325. The van der Waals surface area contributed by atoms with E-state index in [-0.39, 0.29) is 0 Å². The number of fused-ring (bicyclic) bond motifs is 2. The molecule has 0 fully saturated rings. The highest BCUT2D eigenvalue weighted by Gasteiger charge is 2.18. The molecule has 0 N–H and O–H groups in total. The molecule has 0 saturated heterocycles. The summed E-state index contributed by atoms with van der Waals surface area (Å²) in [6, 6.07) is 21.5. The second-order valence-corrected chi connectivity index (χ2v) is 5.68. The molecule has 110 valence electrons. The van der Waals surface area contributed by atoms with Crippen molar-refractivity contribution in [1.29, 1.82) is 0 Å². The summed E-state index contributed by atoms with van der Waals surface area (Å²) in [6.07, 6.45) is 1.05. The third-order valence-corrected chi connectivity index (χ3v) is 4.38. The van der Waals surface area contributed by atoms with Gasteiger partial charge in [-0.3, -0.25) is 0 Å². The lowest BCUT2D eigenvalue weighted by atomic mass is 9.88. The molecule has 0 radical (unpaired) electrons. The lowest BCUT2D eigenvalue weighted by Gasteiger charge is -2.17. The van der Waals surface area contributed by atoms with E-state index in [4.69, 9.17) is 9.47 Å². The first-order valence-electron chi connectivity index (χ1n) is 7.73. The van der Waals surface area contributed by atoms with Gasteiger partial charge in [-0.15, -0.1) is 0 Å². The Morgan fingerprint density at radius 3 is 2.41 bits per heavy atom. The number of ether oxygens (including phenoxy) is 2. The van der Waals surface area contributed by atoms with Crippen LogP contribution in [0.15, 0.2) is 60.7 Å². The summed E-state index contributed by atoms with van der Waals surface area (Å²) in [7, 11) is 0. The minimum atomic E-state index is 0.325. The number of rotatable bonds is 3. The van der Waals surface area contributed by atoms with Crippen LogP contribution in [0, 0.1) is 0 Å². The Kier molecular flexibility index (Phi) is 3.23. The Labute approximate surface area is 130 Å². The fourth-order valence-electron chi connectivity index (χ4n) is 3.22. The SMILES string of the molecule is CCC(c1ccc2c(c1)OCO2)c1ccc2ccccc2c1. The van der Waals surface area contributed by atoms with Crippen molar-refractivity contribution < 1.29 is 9.47 Å². The highest BCUT2D eigenvalue weighted by Crippen LogP contribution is 2.38. The maximum Gasteiger partial charge on any atom is 0.231 e. The Balaban J connectivity index is 1.76. The van der Waals surface area contributed by atoms with Crippen molar-refractivity contribution in [1.82, 2.24) is 0 Å². The molecule has 3 aromatic carbocycles. The average molecular weight is 290 g/mol. The van der Waals surface area contributed by atoms with Crippen molar-refractivity contribution in [2.24, 2.45) is 0 Å². The van der Waals surface area contributed by atoms with E-state index in [0.717, 1.165) is 17.9 Å². The molecule has 2 nitrogen and oxygen atoms in total. The van der Waals surface area contributed by atoms with Crippen LogP contribution in [0.3, 0.4) is 0 Å². The smallest absolute Gasteiger partial charge is 0.231 e. The highest BCUT2D eigenvalue weighted by atomic mass is 16.7. The van der Waals surface area contributed by atoms with Crippen molar-refractivity contribution in [3.8, 4) is 11.5 Å². The van der Waals surface area contributed by atoms with Crippen LogP contribution in [-0.2, 0) is 0 Å². The fraction of sp³-hybridized carbons (Fsp3) is 0.200. The predicted molar refractivity (Wildman–Crippen MR) is 88.6 cm³/mol. The summed E-state index contributed by atoms with van der Waals surface area (Å²) in [5.41, 5.74) is 2.63. The summed E-state index contributed by atoms with van der Waals surface area (Å²) in [6.45, 7) is 2.55. The third-order valence-electron chi connectivity index (χ3n) is 4.38. The first kappa shape index (κ1) is 13.2. The van der Waals surface area contributed by atoms with Crippen molar-refractivity contribution >= 4 is 10.8 Å². The number of hydrogen-bond acceptors (Lipinski definition) is 2. The molecular weight excluding hydrogens is 272 g/mol. The molecule has 0 spiro atoms. The van der Waals surface area contributed by atoms with Gasteiger partial charge in [0.1, 0.15) is 0 Å². The second kappa shape index (κ2) is 5.38. The number of hydrogen-bond donors (Lipinski definition) is 0. The topological polar surface area (TPSA) is 18.5 Å². The van der Waals surface area contributed by atoms with Crippen LogP contribution in [-0.4, -0.2) is 6.79 Å². The van der Waals surface area contributed by atoms with E-state index < -0.39 is 0 Å². The van der Waals surface area contributed by atoms with Gasteiger partial charge in [-0.05, 0) is 40.5 Å². The quantitative estimate of drug-likeness (QED) is 0.667. The maximum absolute atomic E-state index is 5.52. The summed E-state index contributed by atoms with van der Waals surface area (Å²) in [5, 5.41) is 2.57. The Morgan fingerprint density at radius 1 is 0.818 bits per heavy atom. The molecule has 2 heteroatoms. The Hall–Kier alpha value is -2.48. The molecule has 1 atom stereocenters. The van der Waals surface area contributed by atoms with E-state index in [0.29, 0.717) is 12.7 Å². The summed E-state index contributed by atoms with van der Waals surface area (Å²) in [5.74, 6) is 2.08. The second-order valence-electron chi connectivity index (χ2n) is 5.68. The van der Waals surface area contributed by atoms with Crippen LogP contribution < -0.4 is 9.47 Å². The van der Waals surface area contributed by atoms with Gasteiger partial charge in [0.25, 0.3) is 0 Å². The molecule has 1 heterocycles. The van der Waals surface area contributed by atoms with Crippen LogP contribution in [0.5, 0.6) is 11.5 Å². The number of benzene rings is 3. The molecule has 0 amide bonds. The van der Waals surface area contributed by atoms with Crippen molar-refractivity contribution in [3.63, 3.8) is 0 Å². The molecule has 0 aliphatic carbocycles. The van der Waals surface area contributed by atoms with Crippen LogP contribution in [0.2, 0.25) is 0 Å². The minimum Gasteiger partial charge on any atom is -0.454 e. The summed E-state index contributed by atoms with van der Waals surface area (Å²) < 4.78 is 10.9. The molecule has 0 aromatic heterocycles. The van der Waals surface area contributed by atoms with Crippen molar-refractivity contribution in [2.45, 2.75) is 19.3 Å². The van der Waals surface area contributed by atoms with Gasteiger partial charge in [-0.2, -0.15) is 0 Å². The van der Waals surface area contributed by atoms with E-state index in [2.05, 4.69) is 61.5 Å². The fourth-order valence-corrected chi connectivity index (χ4v) is 3.22. The molecule has 1 unspecified atom stereocenters. The van der Waals surface area contributed by atoms with Gasteiger partial charge in [-0.1, -0.05) is 55.5 Å². The largest absolute Gasteiger partial charge is 0.454 e. The van der Waals surface area contributed by atoms with Gasteiger partial charge in [0, 0.05) is 5.92 Å². The molecule has 1 aliphatic rings. The molecule has 0 saturated carbocycles. The Morgan fingerprint density at radius 2 is 1.55 bits per heavy atom. The standard InChI is InChI=1S/C20H18O2/c1-2-18(17-9-10-19-20(12-17)22-13-21-19)16-8-7-14-5-3-4-6-15(14)11-16/h3-12,18H,2,13H2,1H3. The van der Waals surface area contributed by atoms with E-state index in [1.54, 1.807) is 0 Å². The van der Waals surface area contributed by atoms with Gasteiger partial charge in [0.2, 0.25) is 6.79 Å². The lowest BCUT2D eigenvalue weighted by Crippen LogP contribution is -1.99. The third kappa shape index (κ3) is 2.21. The summed E-state index contributed by atoms with van der Waals surface area (Å²) >= 11 is 0. The molecule has 4 rings (SSSR count). The average Bonchev–Trinajstić information content (AvgIpc) is 3.03. The normalized spacial score (nSPS) is 14.2. The van der Waals surface area contributed by atoms with E-state index in [9.17, 15) is 0 Å². The summed E-state index contributed by atoms with van der Waals surface area (Å²) in [4.78, 5) is 0. The molecule has 22 heavy (non-hydrogen) atoms. The maximum atomic E-state index is 5.52. The molecule has 1 aliphatic heterocycles. The monoisotopic (exact) mass is 290 g/mol. The van der Waals surface area contributed by atoms with Crippen LogP contribution >= 0.6 is 0 Å². The van der Waals surface area contributed by atoms with Crippen LogP contribution in [0.25, 0.3) is 10.8 Å². The molecule has 3 aromatic rings. The van der Waals surface area contributed by atoms with E-state index in [1.807, 2.05) is 6.07 Å². The van der Waals surface area contributed by atoms with Gasteiger partial charge in [0.05, 0.1) is 0 Å². The highest BCUT2D eigenvalue weighted by molar-refractivity contribution is 5.83. The van der Waals surface area contributed by atoms with E-state index in [1.165, 1.54) is 21.9 Å². The predicted octanol–water partition coefficient (Wildman–Crippen LogP) is 5.11. The zero-order chi connectivity index (χ0) is 14.9. The van der Waals surface area contributed by atoms with Gasteiger partial charge in [-0.25, -0.2) is 0 Å². The van der Waals surface area contributed by atoms with Gasteiger partial charge in [0.15, 0.2) is 11.5 Å². The van der Waals surface area contributed by atoms with Crippen molar-refractivity contribution in [2.75, 3.05) is 6.79 Å². The molecular formula is C20H18O2. The van der Waals surface area contributed by atoms with E-state index >= 15 is 0 Å². The van der Waals surface area contributed by atoms with Crippen molar-refractivity contribution in [3.05, 3.63) is 71.8 Å². The lowest BCUT2D eigenvalue weighted by molar-refractivity contribution is 0.174. The van der Waals surface area contributed by atoms with Crippen LogP contribution in [0.1, 0.15) is 30.4 Å². The van der Waals surface area contributed by atoms with Gasteiger partial charge >= 0.3 is 0 Å². The zero-order valence-corrected chi connectivity index (χ0v) is 12.6. The van der Waals surface area contributed by atoms with Crippen LogP contribution in [0.4, 0.5) is 0 Å². The molecule has 0 bridgehead atoms. The first-order valence-corrected chi connectivity index (χ1v) is 7.73. The zero-order valence-electron chi connectivity index (χ0n) is 12.6. The Bertz CT molecular complexity index is 823.